The number of imidazole rings is 1. The van der Waals surface area contributed by atoms with Crippen LogP contribution in [-0.2, 0) is 11.3 Å². The van der Waals surface area contributed by atoms with Crippen molar-refractivity contribution < 1.29 is 9.90 Å². The molecule has 0 aliphatic carbocycles. The summed E-state index contributed by atoms with van der Waals surface area (Å²) in [6.07, 6.45) is 4.52. The molecule has 0 fully saturated rings. The van der Waals surface area contributed by atoms with Gasteiger partial charge in [-0.05, 0) is 34.0 Å². The highest BCUT2D eigenvalue weighted by molar-refractivity contribution is 9.10. The van der Waals surface area contributed by atoms with Crippen LogP contribution in [0.1, 0.15) is 26.0 Å². The normalized spacial score (nSPS) is 14.3. The van der Waals surface area contributed by atoms with Gasteiger partial charge in [0.2, 0.25) is 0 Å². The fourth-order valence-electron chi connectivity index (χ4n) is 2.12. The number of hydrogen-bond acceptors (Lipinski definition) is 3. The molecular formula is C14H18BrN3O2. The molecule has 20 heavy (non-hydrogen) atoms. The Kier molecular flexibility index (Phi) is 4.77. The van der Waals surface area contributed by atoms with Gasteiger partial charge in [-0.25, -0.2) is 4.98 Å². The molecule has 2 aromatic heterocycles. The maximum atomic E-state index is 11.3. The average molecular weight is 340 g/mol. The van der Waals surface area contributed by atoms with Crippen molar-refractivity contribution in [3.8, 4) is 0 Å². The third-order valence-electron chi connectivity index (χ3n) is 3.53. The standard InChI is InChI=1S/C14H18BrN3O2/c1-3-9(2)13(14(19)20)17-7-11-6-16-12-5-4-10(15)8-18(11)12/h4-6,8-9,13,17H,3,7H2,1-2H3,(H,19,20)/t9-,13-/m0/s1. The van der Waals surface area contributed by atoms with Gasteiger partial charge in [0.15, 0.2) is 0 Å². The lowest BCUT2D eigenvalue weighted by molar-refractivity contribution is -0.140. The van der Waals surface area contributed by atoms with E-state index in [0.29, 0.717) is 6.54 Å². The zero-order valence-electron chi connectivity index (χ0n) is 11.5. The Morgan fingerprint density at radius 2 is 2.30 bits per heavy atom. The quantitative estimate of drug-likeness (QED) is 0.849. The number of carboxylic acid groups (broad SMARTS) is 1. The van der Waals surface area contributed by atoms with Crippen LogP contribution >= 0.6 is 15.9 Å². The van der Waals surface area contributed by atoms with Gasteiger partial charge in [0.25, 0.3) is 0 Å². The molecule has 0 unspecified atom stereocenters. The van der Waals surface area contributed by atoms with E-state index in [1.54, 1.807) is 6.20 Å². The molecule has 108 valence electrons. The maximum absolute atomic E-state index is 11.3. The minimum Gasteiger partial charge on any atom is -0.480 e. The van der Waals surface area contributed by atoms with Crippen molar-refractivity contribution in [1.29, 1.82) is 0 Å². The number of pyridine rings is 1. The summed E-state index contributed by atoms with van der Waals surface area (Å²) in [6.45, 7) is 4.41. The molecule has 0 aliphatic heterocycles. The molecule has 0 spiro atoms. The van der Waals surface area contributed by atoms with Crippen LogP contribution in [0.2, 0.25) is 0 Å². The van der Waals surface area contributed by atoms with E-state index in [1.165, 1.54) is 0 Å². The van der Waals surface area contributed by atoms with Crippen LogP contribution in [0.15, 0.2) is 29.0 Å². The lowest BCUT2D eigenvalue weighted by atomic mass is 9.99. The highest BCUT2D eigenvalue weighted by atomic mass is 79.9. The van der Waals surface area contributed by atoms with Gasteiger partial charge >= 0.3 is 5.97 Å². The zero-order valence-corrected chi connectivity index (χ0v) is 13.1. The van der Waals surface area contributed by atoms with Crippen molar-refractivity contribution in [2.24, 2.45) is 5.92 Å². The van der Waals surface area contributed by atoms with E-state index >= 15 is 0 Å². The molecule has 6 heteroatoms. The van der Waals surface area contributed by atoms with E-state index in [0.717, 1.165) is 22.2 Å². The number of halogens is 1. The van der Waals surface area contributed by atoms with Gasteiger partial charge in [0, 0.05) is 17.2 Å². The van der Waals surface area contributed by atoms with Gasteiger partial charge in [0.05, 0.1) is 11.9 Å². The van der Waals surface area contributed by atoms with Crippen LogP contribution in [-0.4, -0.2) is 26.5 Å². The van der Waals surface area contributed by atoms with E-state index in [9.17, 15) is 9.90 Å². The summed E-state index contributed by atoms with van der Waals surface area (Å²) in [7, 11) is 0. The number of hydrogen-bond donors (Lipinski definition) is 2. The topological polar surface area (TPSA) is 66.6 Å². The molecule has 0 aromatic carbocycles. The van der Waals surface area contributed by atoms with Gasteiger partial charge in [-0.2, -0.15) is 0 Å². The Morgan fingerprint density at radius 1 is 1.55 bits per heavy atom. The number of carboxylic acids is 1. The summed E-state index contributed by atoms with van der Waals surface area (Å²) in [5, 5.41) is 12.4. The highest BCUT2D eigenvalue weighted by Gasteiger charge is 2.23. The molecule has 0 aliphatic rings. The van der Waals surface area contributed by atoms with E-state index in [2.05, 4.69) is 26.2 Å². The first-order chi connectivity index (χ1) is 9.52. The minimum absolute atomic E-state index is 0.0819. The predicted molar refractivity (Wildman–Crippen MR) is 80.6 cm³/mol. The fraction of sp³-hybridized carbons (Fsp3) is 0.429. The molecule has 2 N–H and O–H groups in total. The molecule has 2 atom stereocenters. The van der Waals surface area contributed by atoms with Crippen LogP contribution in [0.5, 0.6) is 0 Å². The zero-order chi connectivity index (χ0) is 14.7. The van der Waals surface area contributed by atoms with Gasteiger partial charge in [-0.1, -0.05) is 20.3 Å². The number of nitrogens with zero attached hydrogens (tertiary/aromatic N) is 2. The minimum atomic E-state index is -0.811. The molecule has 2 heterocycles. The average Bonchev–Trinajstić information content (AvgIpc) is 2.80. The van der Waals surface area contributed by atoms with Crippen molar-refractivity contribution in [2.75, 3.05) is 0 Å². The maximum Gasteiger partial charge on any atom is 0.320 e. The van der Waals surface area contributed by atoms with E-state index in [1.807, 2.05) is 36.6 Å². The van der Waals surface area contributed by atoms with Crippen LogP contribution in [0.3, 0.4) is 0 Å². The van der Waals surface area contributed by atoms with Crippen molar-refractivity contribution >= 4 is 27.5 Å². The summed E-state index contributed by atoms with van der Waals surface area (Å²) in [5.41, 5.74) is 1.79. The summed E-state index contributed by atoms with van der Waals surface area (Å²) in [4.78, 5) is 15.6. The molecule has 2 rings (SSSR count). The number of aromatic nitrogens is 2. The second kappa shape index (κ2) is 6.37. The van der Waals surface area contributed by atoms with Crippen LogP contribution in [0, 0.1) is 5.92 Å². The Morgan fingerprint density at radius 3 is 2.95 bits per heavy atom. The smallest absolute Gasteiger partial charge is 0.320 e. The Bertz CT molecular complexity index is 611. The van der Waals surface area contributed by atoms with Crippen molar-refractivity contribution in [2.45, 2.75) is 32.9 Å². The third-order valence-corrected chi connectivity index (χ3v) is 4.00. The summed E-state index contributed by atoms with van der Waals surface area (Å²) < 4.78 is 2.91. The molecule has 0 radical (unpaired) electrons. The van der Waals surface area contributed by atoms with Crippen LogP contribution in [0.25, 0.3) is 5.65 Å². The first-order valence-corrected chi connectivity index (χ1v) is 7.40. The number of carbonyl (C=O) groups is 1. The highest BCUT2D eigenvalue weighted by Crippen LogP contribution is 2.14. The lowest BCUT2D eigenvalue weighted by Crippen LogP contribution is -2.41. The van der Waals surface area contributed by atoms with Gasteiger partial charge < -0.3 is 9.51 Å². The SMILES string of the molecule is CC[C@H](C)[C@H](NCc1cnc2ccc(Br)cn12)C(=O)O. The van der Waals surface area contributed by atoms with E-state index in [-0.39, 0.29) is 5.92 Å². The monoisotopic (exact) mass is 339 g/mol. The second-order valence-corrected chi connectivity index (χ2v) is 5.82. The summed E-state index contributed by atoms with van der Waals surface area (Å²) >= 11 is 3.43. The Labute approximate surface area is 126 Å². The van der Waals surface area contributed by atoms with Crippen molar-refractivity contribution in [1.82, 2.24) is 14.7 Å². The molecule has 0 amide bonds. The largest absolute Gasteiger partial charge is 0.480 e. The van der Waals surface area contributed by atoms with E-state index < -0.39 is 12.0 Å². The third kappa shape index (κ3) is 3.19. The first-order valence-electron chi connectivity index (χ1n) is 6.60. The lowest BCUT2D eigenvalue weighted by Gasteiger charge is -2.20. The van der Waals surface area contributed by atoms with Crippen molar-refractivity contribution in [3.05, 3.63) is 34.7 Å². The molecule has 2 aromatic rings. The predicted octanol–water partition coefficient (Wildman–Crippen LogP) is 2.69. The van der Waals surface area contributed by atoms with Crippen LogP contribution < -0.4 is 5.32 Å². The second-order valence-electron chi connectivity index (χ2n) is 4.91. The Balaban J connectivity index is 2.15. The number of rotatable bonds is 6. The van der Waals surface area contributed by atoms with Crippen LogP contribution in [0.4, 0.5) is 0 Å². The molecule has 0 saturated carbocycles. The van der Waals surface area contributed by atoms with Gasteiger partial charge in [-0.15, -0.1) is 0 Å². The number of fused-ring (bicyclic) bond motifs is 1. The molecule has 0 bridgehead atoms. The number of nitrogens with one attached hydrogen (secondary N) is 1. The summed E-state index contributed by atoms with van der Waals surface area (Å²) in [5.74, 6) is -0.729. The van der Waals surface area contributed by atoms with Gasteiger partial charge in [0.1, 0.15) is 11.7 Å². The van der Waals surface area contributed by atoms with Crippen molar-refractivity contribution in [3.63, 3.8) is 0 Å². The fourth-order valence-corrected chi connectivity index (χ4v) is 2.45. The van der Waals surface area contributed by atoms with Gasteiger partial charge in [-0.3, -0.25) is 10.1 Å². The Hall–Kier alpha value is -1.40. The molecule has 5 nitrogen and oxygen atoms in total. The van der Waals surface area contributed by atoms with E-state index in [4.69, 9.17) is 0 Å². The number of aliphatic carboxylic acids is 1. The molecular weight excluding hydrogens is 322 g/mol. The summed E-state index contributed by atoms with van der Waals surface area (Å²) in [6, 6.07) is 3.30. The molecule has 0 saturated heterocycles. The first kappa shape index (κ1) is 15.0.